The highest BCUT2D eigenvalue weighted by Crippen LogP contribution is 2.34. The Morgan fingerprint density at radius 3 is 2.09 bits per heavy atom. The average molecular weight is 481 g/mol. The molecule has 1 amide bonds. The highest BCUT2D eigenvalue weighted by molar-refractivity contribution is 7.92. The maximum absolute atomic E-state index is 12.8. The second-order valence-electron chi connectivity index (χ2n) is 8.09. The Morgan fingerprint density at radius 1 is 0.912 bits per heavy atom. The Kier molecular flexibility index (Phi) is 7.37. The van der Waals surface area contributed by atoms with Gasteiger partial charge in [0, 0.05) is 19.0 Å². The quantitative estimate of drug-likeness (QED) is 0.502. The number of hydrogen-bond acceptors (Lipinski definition) is 5. The Balaban J connectivity index is 1.43. The zero-order valence-electron chi connectivity index (χ0n) is 19.0. The van der Waals surface area contributed by atoms with Crippen LogP contribution in [0.4, 0.5) is 5.69 Å². The molecule has 34 heavy (non-hydrogen) atoms. The molecule has 1 heterocycles. The fourth-order valence-electron chi connectivity index (χ4n) is 3.94. The minimum absolute atomic E-state index is 0.145. The number of fused-ring (bicyclic) bond motifs is 1. The number of nitrogens with one attached hydrogen (secondary N) is 1. The van der Waals surface area contributed by atoms with Crippen LogP contribution in [0, 0.1) is 0 Å². The Hall–Kier alpha value is -3.52. The van der Waals surface area contributed by atoms with E-state index in [1.165, 1.54) is 4.31 Å². The smallest absolute Gasteiger partial charge is 0.232 e. The first kappa shape index (κ1) is 23.6. The van der Waals surface area contributed by atoms with E-state index in [2.05, 4.69) is 5.32 Å². The lowest BCUT2D eigenvalue weighted by molar-refractivity contribution is -0.121. The SMILES string of the molecule is CS(=O)(=O)N(CCCC(=O)NC(c1ccccc1)c1ccccc1)c1ccc2c(c1)OCCO2. The highest BCUT2D eigenvalue weighted by atomic mass is 32.2. The lowest BCUT2D eigenvalue weighted by atomic mass is 9.98. The first-order chi connectivity index (χ1) is 16.4. The zero-order valence-corrected chi connectivity index (χ0v) is 19.8. The van der Waals surface area contributed by atoms with E-state index in [1.807, 2.05) is 60.7 Å². The van der Waals surface area contributed by atoms with E-state index in [9.17, 15) is 13.2 Å². The summed E-state index contributed by atoms with van der Waals surface area (Å²) in [6, 6.07) is 24.3. The number of nitrogens with zero attached hydrogens (tertiary/aromatic N) is 1. The van der Waals surface area contributed by atoms with Crippen LogP contribution >= 0.6 is 0 Å². The second-order valence-corrected chi connectivity index (χ2v) is 10.00. The van der Waals surface area contributed by atoms with Gasteiger partial charge in [-0.3, -0.25) is 9.10 Å². The van der Waals surface area contributed by atoms with Gasteiger partial charge in [-0.05, 0) is 29.7 Å². The Morgan fingerprint density at radius 2 is 1.50 bits per heavy atom. The molecule has 0 radical (unpaired) electrons. The van der Waals surface area contributed by atoms with E-state index >= 15 is 0 Å². The third kappa shape index (κ3) is 5.88. The van der Waals surface area contributed by atoms with Gasteiger partial charge in [-0.25, -0.2) is 8.42 Å². The van der Waals surface area contributed by atoms with Gasteiger partial charge in [0.15, 0.2) is 11.5 Å². The molecule has 3 aromatic rings. The van der Waals surface area contributed by atoms with Crippen molar-refractivity contribution in [2.24, 2.45) is 0 Å². The van der Waals surface area contributed by atoms with Crippen LogP contribution in [-0.4, -0.2) is 40.3 Å². The van der Waals surface area contributed by atoms with Gasteiger partial charge >= 0.3 is 0 Å². The van der Waals surface area contributed by atoms with Gasteiger partial charge < -0.3 is 14.8 Å². The van der Waals surface area contributed by atoms with Gasteiger partial charge in [-0.2, -0.15) is 0 Å². The summed E-state index contributed by atoms with van der Waals surface area (Å²) in [4.78, 5) is 12.8. The lowest BCUT2D eigenvalue weighted by Crippen LogP contribution is -2.33. The van der Waals surface area contributed by atoms with Gasteiger partial charge in [-0.1, -0.05) is 60.7 Å². The summed E-state index contributed by atoms with van der Waals surface area (Å²) in [5.41, 5.74) is 2.45. The predicted octanol–water partition coefficient (Wildman–Crippen LogP) is 3.91. The Bertz CT molecular complexity index is 1180. The number of benzene rings is 3. The molecule has 0 saturated heterocycles. The first-order valence-electron chi connectivity index (χ1n) is 11.2. The number of hydrogen-bond donors (Lipinski definition) is 1. The standard InChI is InChI=1S/C26H28N2O5S/c1-34(30,31)28(22-14-15-23-24(19-22)33-18-17-32-23)16-8-13-25(29)27-26(20-9-4-2-5-10-20)21-11-6-3-7-12-21/h2-7,9-12,14-15,19,26H,8,13,16-18H2,1H3,(H,27,29). The van der Waals surface area contributed by atoms with Gasteiger partial charge in [0.1, 0.15) is 13.2 Å². The molecule has 0 saturated carbocycles. The molecule has 1 aliphatic heterocycles. The maximum Gasteiger partial charge on any atom is 0.232 e. The number of amides is 1. The second kappa shape index (κ2) is 10.6. The van der Waals surface area contributed by atoms with Gasteiger partial charge in [0.05, 0.1) is 18.0 Å². The number of anilines is 1. The highest BCUT2D eigenvalue weighted by Gasteiger charge is 2.22. The molecule has 0 atom stereocenters. The summed E-state index contributed by atoms with van der Waals surface area (Å²) in [5, 5.41) is 3.10. The lowest BCUT2D eigenvalue weighted by Gasteiger charge is -2.25. The van der Waals surface area contributed by atoms with Gasteiger partial charge in [0.2, 0.25) is 15.9 Å². The molecule has 0 bridgehead atoms. The molecule has 8 heteroatoms. The van der Waals surface area contributed by atoms with Crippen molar-refractivity contribution in [3.05, 3.63) is 90.0 Å². The molecular formula is C26H28N2O5S. The number of rotatable bonds is 9. The van der Waals surface area contributed by atoms with Crippen molar-refractivity contribution in [2.45, 2.75) is 18.9 Å². The zero-order chi connectivity index (χ0) is 24.0. The summed E-state index contributed by atoms with van der Waals surface area (Å²) in [5.74, 6) is 0.965. The minimum Gasteiger partial charge on any atom is -0.486 e. The van der Waals surface area contributed by atoms with Crippen LogP contribution < -0.4 is 19.1 Å². The summed E-state index contributed by atoms with van der Waals surface area (Å²) >= 11 is 0. The van der Waals surface area contributed by atoms with E-state index < -0.39 is 10.0 Å². The van der Waals surface area contributed by atoms with E-state index in [-0.39, 0.29) is 24.9 Å². The normalized spacial score (nSPS) is 12.9. The van der Waals surface area contributed by atoms with Crippen molar-refractivity contribution in [1.82, 2.24) is 5.32 Å². The molecule has 7 nitrogen and oxygen atoms in total. The topological polar surface area (TPSA) is 84.9 Å². The fraction of sp³-hybridized carbons (Fsp3) is 0.269. The average Bonchev–Trinajstić information content (AvgIpc) is 2.85. The fourth-order valence-corrected chi connectivity index (χ4v) is 4.90. The molecule has 3 aromatic carbocycles. The van der Waals surface area contributed by atoms with Crippen molar-refractivity contribution >= 4 is 21.6 Å². The molecule has 1 N–H and O–H groups in total. The van der Waals surface area contributed by atoms with Gasteiger partial charge in [-0.15, -0.1) is 0 Å². The largest absolute Gasteiger partial charge is 0.486 e. The van der Waals surface area contributed by atoms with Crippen molar-refractivity contribution in [3.63, 3.8) is 0 Å². The van der Waals surface area contributed by atoms with E-state index in [0.29, 0.717) is 36.8 Å². The number of ether oxygens (including phenoxy) is 2. The van der Waals surface area contributed by atoms with Crippen molar-refractivity contribution in [1.29, 1.82) is 0 Å². The minimum atomic E-state index is -3.55. The van der Waals surface area contributed by atoms with Crippen LogP contribution in [0.3, 0.4) is 0 Å². The first-order valence-corrected chi connectivity index (χ1v) is 13.0. The third-order valence-electron chi connectivity index (χ3n) is 5.55. The van der Waals surface area contributed by atoms with Crippen LogP contribution in [0.25, 0.3) is 0 Å². The van der Waals surface area contributed by atoms with Crippen molar-refractivity contribution in [2.75, 3.05) is 30.3 Å². The number of sulfonamides is 1. The van der Waals surface area contributed by atoms with Crippen LogP contribution in [0.5, 0.6) is 11.5 Å². The summed E-state index contributed by atoms with van der Waals surface area (Å²) in [6.45, 7) is 1.05. The monoisotopic (exact) mass is 480 g/mol. The molecular weight excluding hydrogens is 452 g/mol. The van der Waals surface area contributed by atoms with Crippen LogP contribution in [0.15, 0.2) is 78.9 Å². The van der Waals surface area contributed by atoms with Crippen LogP contribution in [0.2, 0.25) is 0 Å². The molecule has 0 fully saturated rings. The maximum atomic E-state index is 12.8. The van der Waals surface area contributed by atoms with Crippen molar-refractivity contribution < 1.29 is 22.7 Å². The van der Waals surface area contributed by atoms with E-state index in [4.69, 9.17) is 9.47 Å². The molecule has 1 aliphatic rings. The molecule has 0 spiro atoms. The molecule has 0 aromatic heterocycles. The van der Waals surface area contributed by atoms with E-state index in [1.54, 1.807) is 18.2 Å². The van der Waals surface area contributed by atoms with Crippen LogP contribution in [-0.2, 0) is 14.8 Å². The molecule has 0 unspecified atom stereocenters. The number of carbonyl (C=O) groups is 1. The summed E-state index contributed by atoms with van der Waals surface area (Å²) in [6.07, 6.45) is 1.71. The van der Waals surface area contributed by atoms with E-state index in [0.717, 1.165) is 17.4 Å². The molecule has 0 aliphatic carbocycles. The van der Waals surface area contributed by atoms with Crippen LogP contribution in [0.1, 0.15) is 30.0 Å². The summed E-state index contributed by atoms with van der Waals surface area (Å²) < 4.78 is 37.4. The third-order valence-corrected chi connectivity index (χ3v) is 6.74. The summed E-state index contributed by atoms with van der Waals surface area (Å²) in [7, 11) is -3.55. The van der Waals surface area contributed by atoms with Gasteiger partial charge in [0.25, 0.3) is 0 Å². The molecule has 178 valence electrons. The van der Waals surface area contributed by atoms with Crippen molar-refractivity contribution in [3.8, 4) is 11.5 Å². The molecule has 4 rings (SSSR count). The predicted molar refractivity (Wildman–Crippen MR) is 132 cm³/mol. The Labute approximate surface area is 200 Å². The number of carbonyl (C=O) groups excluding carboxylic acids is 1.